The molecule has 0 bridgehead atoms. The molecule has 0 amide bonds. The van der Waals surface area contributed by atoms with Gasteiger partial charge in [-0.1, -0.05) is 30.3 Å². The Morgan fingerprint density at radius 1 is 1.35 bits per heavy atom. The van der Waals surface area contributed by atoms with Gasteiger partial charge in [-0.2, -0.15) is 0 Å². The van der Waals surface area contributed by atoms with Gasteiger partial charge in [-0.15, -0.1) is 0 Å². The van der Waals surface area contributed by atoms with E-state index in [0.717, 1.165) is 11.8 Å². The maximum absolute atomic E-state index is 11.0. The quantitative estimate of drug-likeness (QED) is 0.802. The van der Waals surface area contributed by atoms with Crippen molar-refractivity contribution in [2.75, 3.05) is 6.61 Å². The van der Waals surface area contributed by atoms with E-state index < -0.39 is 0 Å². The smallest absolute Gasteiger partial charge is 0.168 e. The molecule has 0 radical (unpaired) electrons. The number of carbonyl (C=O) groups is 1. The summed E-state index contributed by atoms with van der Waals surface area (Å²) in [6, 6.07) is 9.61. The lowest BCUT2D eigenvalue weighted by Gasteiger charge is -1.96. The number of imidazole rings is 1. The van der Waals surface area contributed by atoms with E-state index >= 15 is 0 Å². The van der Waals surface area contributed by atoms with Gasteiger partial charge in [0.05, 0.1) is 5.69 Å². The number of aldehydes is 1. The lowest BCUT2D eigenvalue weighted by atomic mass is 10.1. The molecular formula is C13H14N2O2. The Balaban J connectivity index is 2.33. The lowest BCUT2D eigenvalue weighted by molar-refractivity contribution is 0.111. The van der Waals surface area contributed by atoms with Crippen LogP contribution in [0.25, 0.3) is 11.3 Å². The van der Waals surface area contributed by atoms with Crippen molar-refractivity contribution >= 4 is 6.29 Å². The molecule has 2 rings (SSSR count). The van der Waals surface area contributed by atoms with Crippen LogP contribution in [-0.2, 0) is 11.3 Å². The number of rotatable bonds is 5. The molecule has 4 heteroatoms. The highest BCUT2D eigenvalue weighted by atomic mass is 16.5. The van der Waals surface area contributed by atoms with E-state index in [9.17, 15) is 4.79 Å². The lowest BCUT2D eigenvalue weighted by Crippen LogP contribution is -1.93. The van der Waals surface area contributed by atoms with Crippen LogP contribution in [0.4, 0.5) is 0 Å². The van der Waals surface area contributed by atoms with Gasteiger partial charge in [-0.25, -0.2) is 4.98 Å². The highest BCUT2D eigenvalue weighted by Crippen LogP contribution is 2.20. The second-order valence-corrected chi connectivity index (χ2v) is 3.57. The van der Waals surface area contributed by atoms with Gasteiger partial charge in [0.25, 0.3) is 0 Å². The van der Waals surface area contributed by atoms with Gasteiger partial charge in [-0.05, 0) is 6.92 Å². The second-order valence-electron chi connectivity index (χ2n) is 3.57. The van der Waals surface area contributed by atoms with Crippen LogP contribution in [0.3, 0.4) is 0 Å². The zero-order chi connectivity index (χ0) is 12.1. The van der Waals surface area contributed by atoms with Crippen LogP contribution in [0.5, 0.6) is 0 Å². The first kappa shape index (κ1) is 11.5. The molecule has 0 saturated heterocycles. The average Bonchev–Trinajstić information content (AvgIpc) is 2.80. The highest BCUT2D eigenvalue weighted by molar-refractivity contribution is 5.83. The van der Waals surface area contributed by atoms with Crippen LogP contribution in [0, 0.1) is 0 Å². The second kappa shape index (κ2) is 5.41. The first-order valence-corrected chi connectivity index (χ1v) is 5.52. The number of aromatic amines is 1. The molecule has 0 saturated carbocycles. The summed E-state index contributed by atoms with van der Waals surface area (Å²) in [6.45, 7) is 2.93. The normalized spacial score (nSPS) is 10.4. The Labute approximate surface area is 99.7 Å². The predicted molar refractivity (Wildman–Crippen MR) is 64.7 cm³/mol. The van der Waals surface area contributed by atoms with Crippen LogP contribution in [0.1, 0.15) is 23.2 Å². The monoisotopic (exact) mass is 230 g/mol. The largest absolute Gasteiger partial charge is 0.374 e. The number of ether oxygens (including phenoxy) is 1. The minimum absolute atomic E-state index is 0.393. The van der Waals surface area contributed by atoms with Crippen LogP contribution in [-0.4, -0.2) is 22.9 Å². The Morgan fingerprint density at radius 2 is 2.12 bits per heavy atom. The van der Waals surface area contributed by atoms with E-state index in [4.69, 9.17) is 4.74 Å². The molecule has 17 heavy (non-hydrogen) atoms. The summed E-state index contributed by atoms with van der Waals surface area (Å²) < 4.78 is 5.26. The van der Waals surface area contributed by atoms with Crippen LogP contribution in [0.2, 0.25) is 0 Å². The SMILES string of the molecule is CCOCc1nc(-c2ccccc2)c(C=O)[nH]1. The molecule has 1 heterocycles. The summed E-state index contributed by atoms with van der Waals surface area (Å²) in [4.78, 5) is 18.3. The summed E-state index contributed by atoms with van der Waals surface area (Å²) in [6.07, 6.45) is 0.783. The van der Waals surface area contributed by atoms with Crippen LogP contribution >= 0.6 is 0 Å². The summed E-state index contributed by atoms with van der Waals surface area (Å²) in [5, 5.41) is 0. The molecule has 0 aliphatic carbocycles. The number of benzene rings is 1. The molecule has 0 unspecified atom stereocenters. The Bertz CT molecular complexity index is 491. The summed E-state index contributed by atoms with van der Waals surface area (Å²) >= 11 is 0. The van der Waals surface area contributed by atoms with E-state index in [1.54, 1.807) is 0 Å². The number of aromatic nitrogens is 2. The fraction of sp³-hybridized carbons (Fsp3) is 0.231. The average molecular weight is 230 g/mol. The van der Waals surface area contributed by atoms with Crippen LogP contribution in [0.15, 0.2) is 30.3 Å². The summed E-state index contributed by atoms with van der Waals surface area (Å²) in [7, 11) is 0. The van der Waals surface area contributed by atoms with E-state index in [1.807, 2.05) is 37.3 Å². The van der Waals surface area contributed by atoms with Gasteiger partial charge in [0.2, 0.25) is 0 Å². The number of carbonyl (C=O) groups excluding carboxylic acids is 1. The van der Waals surface area contributed by atoms with Gasteiger partial charge >= 0.3 is 0 Å². The molecule has 0 fully saturated rings. The molecule has 0 aliphatic rings. The summed E-state index contributed by atoms with van der Waals surface area (Å²) in [5.74, 6) is 0.674. The van der Waals surface area contributed by atoms with E-state index in [2.05, 4.69) is 9.97 Å². The Hall–Kier alpha value is -1.94. The Kier molecular flexibility index (Phi) is 3.67. The van der Waals surface area contributed by atoms with E-state index in [0.29, 0.717) is 30.4 Å². The fourth-order valence-corrected chi connectivity index (χ4v) is 1.61. The van der Waals surface area contributed by atoms with E-state index in [-0.39, 0.29) is 0 Å². The predicted octanol–water partition coefficient (Wildman–Crippen LogP) is 2.43. The third-order valence-corrected chi connectivity index (χ3v) is 2.39. The third-order valence-electron chi connectivity index (χ3n) is 2.39. The molecule has 1 aromatic carbocycles. The van der Waals surface area contributed by atoms with Gasteiger partial charge < -0.3 is 9.72 Å². The Morgan fingerprint density at radius 3 is 2.76 bits per heavy atom. The molecule has 0 atom stereocenters. The van der Waals surface area contributed by atoms with Crippen molar-refractivity contribution in [2.45, 2.75) is 13.5 Å². The molecule has 0 aliphatic heterocycles. The van der Waals surface area contributed by atoms with E-state index in [1.165, 1.54) is 0 Å². The molecule has 1 aromatic heterocycles. The van der Waals surface area contributed by atoms with Gasteiger partial charge in [0, 0.05) is 12.2 Å². The third kappa shape index (κ3) is 2.60. The van der Waals surface area contributed by atoms with Crippen molar-refractivity contribution in [1.82, 2.24) is 9.97 Å². The number of nitrogens with one attached hydrogen (secondary N) is 1. The minimum Gasteiger partial charge on any atom is -0.374 e. The number of hydrogen-bond acceptors (Lipinski definition) is 3. The van der Waals surface area contributed by atoms with Gasteiger partial charge in [0.15, 0.2) is 6.29 Å². The zero-order valence-corrected chi connectivity index (χ0v) is 9.64. The fourth-order valence-electron chi connectivity index (χ4n) is 1.61. The minimum atomic E-state index is 0.393. The number of H-pyrrole nitrogens is 1. The van der Waals surface area contributed by atoms with Crippen molar-refractivity contribution in [3.8, 4) is 11.3 Å². The number of nitrogens with zero attached hydrogens (tertiary/aromatic N) is 1. The molecule has 4 nitrogen and oxygen atoms in total. The first-order valence-electron chi connectivity index (χ1n) is 5.52. The molecular weight excluding hydrogens is 216 g/mol. The van der Waals surface area contributed by atoms with Crippen molar-refractivity contribution in [3.63, 3.8) is 0 Å². The zero-order valence-electron chi connectivity index (χ0n) is 9.64. The van der Waals surface area contributed by atoms with Crippen molar-refractivity contribution < 1.29 is 9.53 Å². The van der Waals surface area contributed by atoms with Crippen molar-refractivity contribution in [2.24, 2.45) is 0 Å². The topological polar surface area (TPSA) is 55.0 Å². The molecule has 1 N–H and O–H groups in total. The first-order chi connectivity index (χ1) is 8.35. The molecule has 2 aromatic rings. The maximum atomic E-state index is 11.0. The molecule has 88 valence electrons. The molecule has 0 spiro atoms. The van der Waals surface area contributed by atoms with Crippen molar-refractivity contribution in [3.05, 3.63) is 41.9 Å². The van der Waals surface area contributed by atoms with Crippen LogP contribution < -0.4 is 0 Å². The van der Waals surface area contributed by atoms with Gasteiger partial charge in [-0.3, -0.25) is 4.79 Å². The standard InChI is InChI=1S/C13H14N2O2/c1-2-17-9-12-14-11(8-16)13(15-12)10-6-4-3-5-7-10/h3-8H,2,9H2,1H3,(H,14,15). The van der Waals surface area contributed by atoms with Gasteiger partial charge in [0.1, 0.15) is 18.1 Å². The highest BCUT2D eigenvalue weighted by Gasteiger charge is 2.11. The maximum Gasteiger partial charge on any atom is 0.168 e. The van der Waals surface area contributed by atoms with Crippen molar-refractivity contribution in [1.29, 1.82) is 0 Å². The number of hydrogen-bond donors (Lipinski definition) is 1. The summed E-state index contributed by atoms with van der Waals surface area (Å²) in [5.41, 5.74) is 2.09.